The van der Waals surface area contributed by atoms with E-state index < -0.39 is 0 Å². The largest absolute Gasteiger partial charge is 0.305 e. The van der Waals surface area contributed by atoms with Gasteiger partial charge in [0.25, 0.3) is 5.91 Å². The fourth-order valence-corrected chi connectivity index (χ4v) is 3.84. The van der Waals surface area contributed by atoms with Crippen LogP contribution < -0.4 is 5.32 Å². The Morgan fingerprint density at radius 3 is 2.64 bits per heavy atom. The Labute approximate surface area is 199 Å². The van der Waals surface area contributed by atoms with Crippen molar-refractivity contribution in [3.8, 4) is 11.3 Å². The van der Waals surface area contributed by atoms with Crippen LogP contribution in [0, 0.1) is 6.92 Å². The molecule has 2 aromatic carbocycles. The minimum atomic E-state index is -0.335. The van der Waals surface area contributed by atoms with Crippen molar-refractivity contribution in [1.29, 1.82) is 0 Å². The molecule has 0 radical (unpaired) electrons. The number of amides is 1. The quantitative estimate of drug-likeness (QED) is 0.362. The summed E-state index contributed by atoms with van der Waals surface area (Å²) in [6.45, 7) is 2.53. The molecule has 1 amide bonds. The first-order valence-electron chi connectivity index (χ1n) is 10.2. The maximum atomic E-state index is 12.9. The van der Waals surface area contributed by atoms with E-state index in [-0.39, 0.29) is 5.91 Å². The van der Waals surface area contributed by atoms with Gasteiger partial charge < -0.3 is 5.32 Å². The first-order chi connectivity index (χ1) is 16.0. The second kappa shape index (κ2) is 8.69. The first kappa shape index (κ1) is 21.2. The van der Waals surface area contributed by atoms with Crippen molar-refractivity contribution < 1.29 is 4.79 Å². The number of rotatable bonds is 5. The number of halogens is 2. The number of aromatic nitrogens is 5. The van der Waals surface area contributed by atoms with Crippen LogP contribution in [0.1, 0.15) is 21.5 Å². The van der Waals surface area contributed by atoms with E-state index in [4.69, 9.17) is 23.2 Å². The van der Waals surface area contributed by atoms with Gasteiger partial charge in [0.15, 0.2) is 11.5 Å². The molecule has 7 nitrogen and oxygen atoms in total. The number of carbonyl (C=O) groups excluding carboxylic acids is 1. The third-order valence-electron chi connectivity index (χ3n) is 5.20. The molecule has 0 aliphatic rings. The van der Waals surface area contributed by atoms with Gasteiger partial charge >= 0.3 is 0 Å². The summed E-state index contributed by atoms with van der Waals surface area (Å²) >= 11 is 12.1. The smallest absolute Gasteiger partial charge is 0.262 e. The number of nitrogens with one attached hydrogen (secondary N) is 1. The summed E-state index contributed by atoms with van der Waals surface area (Å²) in [5.41, 5.74) is 4.79. The van der Waals surface area contributed by atoms with Gasteiger partial charge in [-0.2, -0.15) is 10.2 Å². The zero-order valence-corrected chi connectivity index (χ0v) is 19.0. The van der Waals surface area contributed by atoms with Gasteiger partial charge in [-0.05, 0) is 30.7 Å². The lowest BCUT2D eigenvalue weighted by molar-refractivity contribution is 0.102. The van der Waals surface area contributed by atoms with Gasteiger partial charge in [0.2, 0.25) is 0 Å². The normalized spacial score (nSPS) is 11.1. The molecule has 33 heavy (non-hydrogen) atoms. The van der Waals surface area contributed by atoms with Crippen molar-refractivity contribution in [2.75, 3.05) is 5.32 Å². The Balaban J connectivity index is 1.36. The predicted octanol–water partition coefficient (Wildman–Crippen LogP) is 5.51. The van der Waals surface area contributed by atoms with E-state index in [9.17, 15) is 4.79 Å². The van der Waals surface area contributed by atoms with E-state index in [1.165, 1.54) is 11.8 Å². The average Bonchev–Trinajstić information content (AvgIpc) is 3.43. The Morgan fingerprint density at radius 1 is 1.03 bits per heavy atom. The number of anilines is 1. The molecule has 0 atom stereocenters. The van der Waals surface area contributed by atoms with Crippen LogP contribution in [-0.2, 0) is 6.54 Å². The van der Waals surface area contributed by atoms with Crippen molar-refractivity contribution in [3.05, 3.63) is 99.9 Å². The lowest BCUT2D eigenvalue weighted by atomic mass is 10.1. The van der Waals surface area contributed by atoms with E-state index in [1.54, 1.807) is 39.8 Å². The highest BCUT2D eigenvalue weighted by Gasteiger charge is 2.17. The van der Waals surface area contributed by atoms with Gasteiger partial charge in [0.1, 0.15) is 5.56 Å². The number of fused-ring (bicyclic) bond motifs is 1. The highest BCUT2D eigenvalue weighted by Crippen LogP contribution is 2.24. The summed E-state index contributed by atoms with van der Waals surface area (Å²) in [6, 6.07) is 17.1. The van der Waals surface area contributed by atoms with Crippen molar-refractivity contribution >= 4 is 40.6 Å². The lowest BCUT2D eigenvalue weighted by Gasteiger charge is -2.06. The highest BCUT2D eigenvalue weighted by atomic mass is 35.5. The molecule has 0 saturated carbocycles. The molecule has 0 saturated heterocycles. The second-order valence-electron chi connectivity index (χ2n) is 7.59. The van der Waals surface area contributed by atoms with Crippen molar-refractivity contribution in [1.82, 2.24) is 24.4 Å². The van der Waals surface area contributed by atoms with E-state index in [1.807, 2.05) is 43.3 Å². The molecule has 0 aliphatic carbocycles. The monoisotopic (exact) mass is 476 g/mol. The Bertz CT molecular complexity index is 1470. The molecule has 0 aliphatic heterocycles. The molecule has 9 heteroatoms. The van der Waals surface area contributed by atoms with Crippen LogP contribution in [0.3, 0.4) is 0 Å². The zero-order valence-electron chi connectivity index (χ0n) is 17.5. The van der Waals surface area contributed by atoms with E-state index in [2.05, 4.69) is 20.5 Å². The molecular weight excluding hydrogens is 459 g/mol. The maximum Gasteiger partial charge on any atom is 0.262 e. The Hall–Kier alpha value is -3.68. The van der Waals surface area contributed by atoms with Crippen LogP contribution >= 0.6 is 23.2 Å². The van der Waals surface area contributed by atoms with Crippen LogP contribution in [0.2, 0.25) is 10.0 Å². The van der Waals surface area contributed by atoms with Gasteiger partial charge in [-0.15, -0.1) is 0 Å². The number of aryl methyl sites for hydroxylation is 1. The zero-order chi connectivity index (χ0) is 22.9. The van der Waals surface area contributed by atoms with E-state index in [0.717, 1.165) is 16.8 Å². The van der Waals surface area contributed by atoms with Crippen LogP contribution in [0.4, 0.5) is 5.82 Å². The summed E-state index contributed by atoms with van der Waals surface area (Å²) in [5.74, 6) is 0.0902. The number of nitrogens with zero attached hydrogens (tertiary/aromatic N) is 5. The highest BCUT2D eigenvalue weighted by molar-refractivity contribution is 6.42. The van der Waals surface area contributed by atoms with Gasteiger partial charge in [0.05, 0.1) is 28.5 Å². The molecule has 0 unspecified atom stereocenters. The molecule has 5 rings (SSSR count). The van der Waals surface area contributed by atoms with Crippen molar-refractivity contribution in [3.63, 3.8) is 0 Å². The fourth-order valence-electron chi connectivity index (χ4n) is 3.52. The number of carbonyl (C=O) groups is 1. The number of hydrogen-bond donors (Lipinski definition) is 1. The van der Waals surface area contributed by atoms with Gasteiger partial charge in [0, 0.05) is 24.0 Å². The molecule has 1 N–H and O–H groups in total. The topological polar surface area (TPSA) is 77.1 Å². The molecule has 0 fully saturated rings. The minimum absolute atomic E-state index is 0.335. The molecular formula is C24H18Cl2N6O. The predicted molar refractivity (Wildman–Crippen MR) is 129 cm³/mol. The van der Waals surface area contributed by atoms with Crippen LogP contribution in [0.25, 0.3) is 16.9 Å². The summed E-state index contributed by atoms with van der Waals surface area (Å²) < 4.78 is 3.38. The fraction of sp³-hybridized carbons (Fsp3) is 0.0833. The number of benzene rings is 2. The standard InChI is InChI=1S/C24H18Cl2N6O/c1-15-2-5-17(6-3-15)21-8-10-27-23-18(13-28-32(21)23)24(33)29-22-9-11-31(30-22)14-16-4-7-19(25)20(26)12-16/h2-13H,14H2,1H3,(H,29,30,33). The molecule has 0 spiro atoms. The Morgan fingerprint density at radius 2 is 1.85 bits per heavy atom. The van der Waals surface area contributed by atoms with Crippen molar-refractivity contribution in [2.24, 2.45) is 0 Å². The summed E-state index contributed by atoms with van der Waals surface area (Å²) in [7, 11) is 0. The second-order valence-corrected chi connectivity index (χ2v) is 8.41. The SMILES string of the molecule is Cc1ccc(-c2ccnc3c(C(=O)Nc4ccn(Cc5ccc(Cl)c(Cl)c5)n4)cnn23)cc1. The van der Waals surface area contributed by atoms with Gasteiger partial charge in [-0.3, -0.25) is 9.48 Å². The summed E-state index contributed by atoms with van der Waals surface area (Å²) in [6.07, 6.45) is 4.97. The molecule has 0 bridgehead atoms. The van der Waals surface area contributed by atoms with Gasteiger partial charge in [-0.1, -0.05) is 59.1 Å². The average molecular weight is 477 g/mol. The van der Waals surface area contributed by atoms with Crippen LogP contribution in [-0.4, -0.2) is 30.3 Å². The third-order valence-corrected chi connectivity index (χ3v) is 5.94. The molecule has 5 aromatic rings. The van der Waals surface area contributed by atoms with Crippen LogP contribution in [0.5, 0.6) is 0 Å². The van der Waals surface area contributed by atoms with E-state index >= 15 is 0 Å². The summed E-state index contributed by atoms with van der Waals surface area (Å²) in [4.78, 5) is 17.3. The molecule has 3 aromatic heterocycles. The van der Waals surface area contributed by atoms with Gasteiger partial charge in [-0.25, -0.2) is 9.50 Å². The number of hydrogen-bond acceptors (Lipinski definition) is 4. The molecule has 3 heterocycles. The first-order valence-corrected chi connectivity index (χ1v) is 10.9. The van der Waals surface area contributed by atoms with E-state index in [0.29, 0.717) is 33.6 Å². The Kier molecular flexibility index (Phi) is 5.58. The third kappa shape index (κ3) is 4.33. The summed E-state index contributed by atoms with van der Waals surface area (Å²) in [5, 5.41) is 12.6. The minimum Gasteiger partial charge on any atom is -0.305 e. The lowest BCUT2D eigenvalue weighted by Crippen LogP contribution is -2.13. The molecule has 164 valence electrons. The van der Waals surface area contributed by atoms with Crippen LogP contribution in [0.15, 0.2) is 73.2 Å². The maximum absolute atomic E-state index is 12.9. The van der Waals surface area contributed by atoms with Crippen molar-refractivity contribution in [2.45, 2.75) is 13.5 Å².